The smallest absolute Gasteiger partial charge is 0.111 e. The van der Waals surface area contributed by atoms with Gasteiger partial charge in [-0.2, -0.15) is 0 Å². The maximum Gasteiger partial charge on any atom is 0.190 e. The van der Waals surface area contributed by atoms with Crippen LogP contribution < -0.4 is 0 Å². The first-order valence-electron chi connectivity index (χ1n) is 6.15. The Morgan fingerprint density at radius 1 is 0.818 bits per heavy atom. The summed E-state index contributed by atoms with van der Waals surface area (Å²) in [6, 6.07) is 9.38. The van der Waals surface area contributed by atoms with Gasteiger partial charge < -0.3 is 0 Å². The van der Waals surface area contributed by atoms with Crippen molar-refractivity contribution in [1.82, 2.24) is 0 Å². The quantitative estimate of drug-likeness (QED) is 0.402. The number of rotatable bonds is 2. The number of alkyl halides is 7. The van der Waals surface area contributed by atoms with Gasteiger partial charge in [-0.25, -0.2) is 0 Å². The molecule has 1 aromatic rings. The highest BCUT2D eigenvalue weighted by molar-refractivity contribution is 6.74. The summed E-state index contributed by atoms with van der Waals surface area (Å²) in [5, 5.41) is -0.0319. The third-order valence-electron chi connectivity index (χ3n) is 3.84. The fourth-order valence-electron chi connectivity index (χ4n) is 2.33. The largest absolute Gasteiger partial charge is 0.190 e. The van der Waals surface area contributed by atoms with E-state index in [2.05, 4.69) is 0 Å². The molecule has 1 aliphatic carbocycles. The van der Waals surface area contributed by atoms with Crippen molar-refractivity contribution in [1.29, 1.82) is 0 Å². The molecule has 0 saturated heterocycles. The number of halogens is 8. The number of hydrogen-bond acceptors (Lipinski definition) is 0. The van der Waals surface area contributed by atoms with Crippen LogP contribution in [0.3, 0.4) is 0 Å². The maximum atomic E-state index is 6.75. The van der Waals surface area contributed by atoms with Crippen LogP contribution in [0.15, 0.2) is 41.4 Å². The van der Waals surface area contributed by atoms with Crippen molar-refractivity contribution in [2.24, 2.45) is 0 Å². The van der Waals surface area contributed by atoms with Crippen LogP contribution >= 0.6 is 92.8 Å². The molecule has 0 saturated carbocycles. The van der Waals surface area contributed by atoms with Gasteiger partial charge in [0, 0.05) is 5.92 Å². The second-order valence-corrected chi connectivity index (χ2v) is 10.1. The van der Waals surface area contributed by atoms with Crippen LogP contribution in [0.1, 0.15) is 18.4 Å². The van der Waals surface area contributed by atoms with E-state index in [-0.39, 0.29) is 11.0 Å². The Bertz CT molecular complexity index is 592. The minimum Gasteiger partial charge on any atom is -0.111 e. The van der Waals surface area contributed by atoms with Gasteiger partial charge in [0.2, 0.25) is 0 Å². The van der Waals surface area contributed by atoms with Crippen LogP contribution in [0.2, 0.25) is 0 Å². The molecule has 8 heteroatoms. The van der Waals surface area contributed by atoms with Crippen LogP contribution in [0.5, 0.6) is 0 Å². The summed E-state index contributed by atoms with van der Waals surface area (Å²) in [6.45, 7) is 1.84. The molecule has 0 heterocycles. The lowest BCUT2D eigenvalue weighted by Crippen LogP contribution is -2.64. The van der Waals surface area contributed by atoms with Crippen molar-refractivity contribution in [2.75, 3.05) is 0 Å². The first kappa shape index (κ1) is 19.6. The normalized spacial score (nSPS) is 30.5. The van der Waals surface area contributed by atoms with Crippen LogP contribution in [-0.4, -0.2) is 17.9 Å². The van der Waals surface area contributed by atoms with Crippen LogP contribution in [-0.2, 0) is 0 Å². The van der Waals surface area contributed by atoms with Crippen molar-refractivity contribution in [3.8, 4) is 0 Å². The Labute approximate surface area is 169 Å². The van der Waals surface area contributed by atoms with Gasteiger partial charge in [0.15, 0.2) is 13.0 Å². The van der Waals surface area contributed by atoms with E-state index in [1.54, 1.807) is 0 Å². The first-order valence-corrected chi connectivity index (χ1v) is 9.18. The fourth-order valence-corrected chi connectivity index (χ4v) is 5.10. The lowest BCUT2D eigenvalue weighted by molar-refractivity contribution is 0.444. The summed E-state index contributed by atoms with van der Waals surface area (Å²) < 4.78 is -5.85. The van der Waals surface area contributed by atoms with Crippen molar-refractivity contribution in [3.63, 3.8) is 0 Å². The van der Waals surface area contributed by atoms with Gasteiger partial charge in [-0.1, -0.05) is 118 Å². The van der Waals surface area contributed by atoms with Crippen molar-refractivity contribution in [3.05, 3.63) is 47.0 Å². The summed E-state index contributed by atoms with van der Waals surface area (Å²) in [5.41, 5.74) is 0.879. The molecule has 0 radical (unpaired) electrons. The Balaban J connectivity index is 2.65. The summed E-state index contributed by atoms with van der Waals surface area (Å²) in [4.78, 5) is -1.43. The van der Waals surface area contributed by atoms with E-state index < -0.39 is 17.9 Å². The van der Waals surface area contributed by atoms with E-state index >= 15 is 0 Å². The second-order valence-electron chi connectivity index (χ2n) is 5.12. The highest BCUT2D eigenvalue weighted by Crippen LogP contribution is 2.68. The van der Waals surface area contributed by atoms with Gasteiger partial charge in [-0.05, 0) is 11.6 Å². The highest BCUT2D eigenvalue weighted by atomic mass is 35.5. The van der Waals surface area contributed by atoms with E-state index in [1.807, 2.05) is 37.3 Å². The molecule has 2 unspecified atom stereocenters. The molecule has 1 aliphatic rings. The Morgan fingerprint density at radius 2 is 1.32 bits per heavy atom. The van der Waals surface area contributed by atoms with E-state index in [0.717, 1.165) is 5.56 Å². The summed E-state index contributed by atoms with van der Waals surface area (Å²) in [7, 11) is 0. The van der Waals surface area contributed by atoms with E-state index in [9.17, 15) is 0 Å². The van der Waals surface area contributed by atoms with Crippen molar-refractivity contribution in [2.45, 2.75) is 30.7 Å². The predicted octanol–water partition coefficient (Wildman–Crippen LogP) is 7.43. The van der Waals surface area contributed by atoms with Crippen molar-refractivity contribution < 1.29 is 0 Å². The second kappa shape index (κ2) is 6.22. The summed E-state index contributed by atoms with van der Waals surface area (Å²) in [5.74, 6) is -0.375. The van der Waals surface area contributed by atoms with Gasteiger partial charge in [0.25, 0.3) is 0 Å². The predicted molar refractivity (Wildman–Crippen MR) is 101 cm³/mol. The van der Waals surface area contributed by atoms with Gasteiger partial charge >= 0.3 is 0 Å². The monoisotopic (exact) mass is 458 g/mol. The molecule has 0 bridgehead atoms. The Hall–Kier alpha value is 1.28. The lowest BCUT2D eigenvalue weighted by atomic mass is 9.79. The zero-order valence-corrected chi connectivity index (χ0v) is 17.1. The molecule has 0 nitrogen and oxygen atoms in total. The van der Waals surface area contributed by atoms with Gasteiger partial charge in [-0.3, -0.25) is 0 Å². The maximum absolute atomic E-state index is 6.75. The van der Waals surface area contributed by atoms with Crippen LogP contribution in [0.25, 0.3) is 0 Å². The van der Waals surface area contributed by atoms with Gasteiger partial charge in [-0.15, -0.1) is 11.6 Å². The number of hydrogen-bond donors (Lipinski definition) is 0. The molecule has 0 spiro atoms. The van der Waals surface area contributed by atoms with Gasteiger partial charge in [0.1, 0.15) is 4.87 Å². The topological polar surface area (TPSA) is 0 Å². The van der Waals surface area contributed by atoms with Crippen molar-refractivity contribution >= 4 is 92.8 Å². The lowest BCUT2D eigenvalue weighted by Gasteiger charge is -2.53. The SMILES string of the molecule is CC(c1ccccc1)C1(Cl)C=C(Cl)C(Cl)(Cl)C(Cl)(Cl)C1(Cl)Cl. The molecule has 0 amide bonds. The third kappa shape index (κ3) is 2.67. The molecule has 22 heavy (non-hydrogen) atoms. The molecule has 0 aliphatic heterocycles. The average molecular weight is 462 g/mol. The molecule has 122 valence electrons. The van der Waals surface area contributed by atoms with E-state index in [0.29, 0.717) is 0 Å². The molecular formula is C14H10Cl8. The van der Waals surface area contributed by atoms with E-state index in [1.165, 1.54) is 6.08 Å². The molecule has 2 atom stereocenters. The summed E-state index contributed by atoms with van der Waals surface area (Å²) in [6.07, 6.45) is 1.41. The minimum absolute atomic E-state index is 0.0319. The zero-order chi connectivity index (χ0) is 17.0. The number of allylic oxidation sites excluding steroid dienone is 2. The first-order chi connectivity index (χ1) is 9.89. The Morgan fingerprint density at radius 3 is 1.82 bits per heavy atom. The van der Waals surface area contributed by atoms with Crippen LogP contribution in [0.4, 0.5) is 0 Å². The molecular weight excluding hydrogens is 452 g/mol. The standard InChI is InChI=1S/C14H10Cl8/c1-8(9-5-3-2-4-6-9)11(16)7-10(15)12(17,18)14(21,22)13(11,19)20/h2-8H,1H3. The molecule has 0 fully saturated rings. The molecule has 1 aromatic carbocycles. The van der Waals surface area contributed by atoms with Gasteiger partial charge in [0.05, 0.1) is 5.03 Å². The zero-order valence-electron chi connectivity index (χ0n) is 11.1. The summed E-state index contributed by atoms with van der Waals surface area (Å²) >= 11 is 50.7. The molecule has 2 rings (SSSR count). The molecule has 0 aromatic heterocycles. The fraction of sp³-hybridized carbons (Fsp3) is 0.429. The molecule has 0 N–H and O–H groups in total. The average Bonchev–Trinajstić information content (AvgIpc) is 2.45. The number of benzene rings is 1. The van der Waals surface area contributed by atoms with Crippen LogP contribution in [0, 0.1) is 0 Å². The minimum atomic E-state index is -2.04. The van der Waals surface area contributed by atoms with E-state index in [4.69, 9.17) is 92.8 Å². The third-order valence-corrected chi connectivity index (χ3v) is 9.41. The highest BCUT2D eigenvalue weighted by Gasteiger charge is 2.73. The Kier molecular flexibility index (Phi) is 5.54.